The minimum Gasteiger partial charge on any atom is -0.394 e. The van der Waals surface area contributed by atoms with E-state index < -0.39 is 0 Å². The van der Waals surface area contributed by atoms with E-state index in [0.29, 0.717) is 0 Å². The van der Waals surface area contributed by atoms with E-state index in [1.54, 1.807) is 0 Å². The smallest absolute Gasteiger partial charge is 0.00278 e. The first-order chi connectivity index (χ1) is 5.79. The molecule has 0 aromatic heterocycles. The molecular weight excluding hydrogens is 146 g/mol. The van der Waals surface area contributed by atoms with Gasteiger partial charge in [0.15, 0.2) is 0 Å². The Balaban J connectivity index is 4.57. The predicted octanol–water partition coefficient (Wildman–Crippen LogP) is 3.02. The summed E-state index contributed by atoms with van der Waals surface area (Å²) in [6, 6.07) is 0. The van der Waals surface area contributed by atoms with Gasteiger partial charge in [-0.1, -0.05) is 25.2 Å². The lowest BCUT2D eigenvalue weighted by atomic mass is 10.0. The van der Waals surface area contributed by atoms with E-state index in [-0.39, 0.29) is 0 Å². The molecule has 0 saturated carbocycles. The monoisotopic (exact) mass is 165 g/mol. The number of hydrogen-bond donors (Lipinski definition) is 1. The van der Waals surface area contributed by atoms with Gasteiger partial charge in [-0.25, -0.2) is 0 Å². The Morgan fingerprint density at radius 2 is 2.00 bits per heavy atom. The molecule has 1 nitrogen and oxygen atoms in total. The molecule has 12 heavy (non-hydrogen) atoms. The highest BCUT2D eigenvalue weighted by atomic mass is 14.8. The second-order valence-corrected chi connectivity index (χ2v) is 2.56. The molecule has 0 amide bonds. The van der Waals surface area contributed by atoms with E-state index in [4.69, 9.17) is 0 Å². The lowest BCUT2D eigenvalue weighted by Gasteiger charge is -2.04. The van der Waals surface area contributed by atoms with Crippen LogP contribution in [0, 0.1) is 0 Å². The highest BCUT2D eigenvalue weighted by Gasteiger charge is 1.96. The second kappa shape index (κ2) is 6.71. The van der Waals surface area contributed by atoms with E-state index in [0.717, 1.165) is 6.42 Å². The van der Waals surface area contributed by atoms with Gasteiger partial charge in [0.05, 0.1) is 0 Å². The molecule has 0 radical (unpaired) electrons. The Hall–Kier alpha value is -0.980. The summed E-state index contributed by atoms with van der Waals surface area (Å²) in [6.07, 6.45) is 9.44. The summed E-state index contributed by atoms with van der Waals surface area (Å²) < 4.78 is 0. The molecule has 0 spiro atoms. The fraction of sp³-hybridized carbons (Fsp3) is 0.455. The zero-order valence-electron chi connectivity index (χ0n) is 8.52. The molecule has 0 unspecified atom stereocenters. The van der Waals surface area contributed by atoms with Crippen LogP contribution in [0.4, 0.5) is 0 Å². The van der Waals surface area contributed by atoms with E-state index in [9.17, 15) is 0 Å². The van der Waals surface area contributed by atoms with Gasteiger partial charge in [-0.15, -0.1) is 0 Å². The Morgan fingerprint density at radius 1 is 1.33 bits per heavy atom. The number of hydrogen-bond acceptors (Lipinski definition) is 1. The molecule has 0 aliphatic rings. The average molecular weight is 165 g/mol. The summed E-state index contributed by atoms with van der Waals surface area (Å²) in [5, 5.41) is 3.06. The van der Waals surface area contributed by atoms with Gasteiger partial charge < -0.3 is 5.32 Å². The summed E-state index contributed by atoms with van der Waals surface area (Å²) in [5.74, 6) is 0. The standard InChI is InChI=1S/C11H19N/c1-5-8-10(6-2)11(7-3)9-12-4/h5-6,8-9,12H,7H2,1-4H3/b8-5-,10-6+,11-9+. The van der Waals surface area contributed by atoms with Crippen molar-refractivity contribution in [2.45, 2.75) is 27.2 Å². The van der Waals surface area contributed by atoms with Crippen molar-refractivity contribution < 1.29 is 0 Å². The molecule has 0 atom stereocenters. The van der Waals surface area contributed by atoms with Gasteiger partial charge in [-0.3, -0.25) is 0 Å². The third-order valence-electron chi connectivity index (χ3n) is 1.73. The van der Waals surface area contributed by atoms with Crippen LogP contribution < -0.4 is 5.32 Å². The van der Waals surface area contributed by atoms with Crippen molar-refractivity contribution in [1.82, 2.24) is 5.32 Å². The maximum atomic E-state index is 3.06. The molecule has 0 bridgehead atoms. The van der Waals surface area contributed by atoms with E-state index in [1.165, 1.54) is 11.1 Å². The van der Waals surface area contributed by atoms with Crippen molar-refractivity contribution in [3.8, 4) is 0 Å². The lowest BCUT2D eigenvalue weighted by Crippen LogP contribution is -1.97. The van der Waals surface area contributed by atoms with Crippen LogP contribution >= 0.6 is 0 Å². The topological polar surface area (TPSA) is 12.0 Å². The third kappa shape index (κ3) is 3.42. The molecule has 0 heterocycles. The Morgan fingerprint density at radius 3 is 2.33 bits per heavy atom. The Labute approximate surface area is 75.9 Å². The van der Waals surface area contributed by atoms with E-state index in [2.05, 4.69) is 43.6 Å². The average Bonchev–Trinajstić information content (AvgIpc) is 2.11. The van der Waals surface area contributed by atoms with Crippen LogP contribution in [-0.4, -0.2) is 7.05 Å². The van der Waals surface area contributed by atoms with Crippen LogP contribution in [0.1, 0.15) is 27.2 Å². The van der Waals surface area contributed by atoms with Crippen molar-refractivity contribution in [2.75, 3.05) is 7.05 Å². The first-order valence-electron chi connectivity index (χ1n) is 4.45. The van der Waals surface area contributed by atoms with Gasteiger partial charge in [0, 0.05) is 7.05 Å². The first-order valence-corrected chi connectivity index (χ1v) is 4.45. The maximum absolute atomic E-state index is 3.06. The van der Waals surface area contributed by atoms with Gasteiger partial charge in [0.2, 0.25) is 0 Å². The quantitative estimate of drug-likeness (QED) is 0.631. The van der Waals surface area contributed by atoms with Gasteiger partial charge in [0.25, 0.3) is 0 Å². The van der Waals surface area contributed by atoms with Crippen molar-refractivity contribution in [1.29, 1.82) is 0 Å². The van der Waals surface area contributed by atoms with Crippen molar-refractivity contribution in [2.24, 2.45) is 0 Å². The minimum atomic E-state index is 1.06. The second-order valence-electron chi connectivity index (χ2n) is 2.56. The van der Waals surface area contributed by atoms with Crippen molar-refractivity contribution in [3.05, 3.63) is 35.6 Å². The highest BCUT2D eigenvalue weighted by Crippen LogP contribution is 2.13. The highest BCUT2D eigenvalue weighted by molar-refractivity contribution is 5.38. The van der Waals surface area contributed by atoms with E-state index in [1.807, 2.05) is 14.0 Å². The van der Waals surface area contributed by atoms with E-state index >= 15 is 0 Å². The predicted molar refractivity (Wildman–Crippen MR) is 56.0 cm³/mol. The summed E-state index contributed by atoms with van der Waals surface area (Å²) in [4.78, 5) is 0. The molecule has 0 rings (SSSR count). The zero-order valence-corrected chi connectivity index (χ0v) is 8.52. The molecule has 0 aromatic carbocycles. The summed E-state index contributed by atoms with van der Waals surface area (Å²) >= 11 is 0. The van der Waals surface area contributed by atoms with Crippen LogP contribution in [0.15, 0.2) is 35.6 Å². The molecule has 0 aromatic rings. The van der Waals surface area contributed by atoms with Gasteiger partial charge in [0.1, 0.15) is 0 Å². The Bertz CT molecular complexity index is 197. The normalized spacial score (nSPS) is 14.0. The maximum Gasteiger partial charge on any atom is 0.00278 e. The summed E-state index contributed by atoms with van der Waals surface area (Å²) in [5.41, 5.74) is 2.65. The lowest BCUT2D eigenvalue weighted by molar-refractivity contribution is 1.02. The fourth-order valence-electron chi connectivity index (χ4n) is 1.13. The molecule has 0 fully saturated rings. The van der Waals surface area contributed by atoms with Gasteiger partial charge in [-0.05, 0) is 37.6 Å². The van der Waals surface area contributed by atoms with Gasteiger partial charge >= 0.3 is 0 Å². The molecule has 0 aliphatic carbocycles. The minimum absolute atomic E-state index is 1.06. The largest absolute Gasteiger partial charge is 0.394 e. The zero-order chi connectivity index (χ0) is 9.40. The molecule has 1 N–H and O–H groups in total. The molecule has 0 aliphatic heterocycles. The van der Waals surface area contributed by atoms with Crippen LogP contribution in [0.5, 0.6) is 0 Å². The molecule has 68 valence electrons. The van der Waals surface area contributed by atoms with Crippen LogP contribution in [0.2, 0.25) is 0 Å². The third-order valence-corrected chi connectivity index (χ3v) is 1.73. The van der Waals surface area contributed by atoms with Crippen molar-refractivity contribution in [3.63, 3.8) is 0 Å². The molecule has 0 saturated heterocycles. The molecule has 1 heteroatoms. The number of rotatable bonds is 4. The van der Waals surface area contributed by atoms with Crippen molar-refractivity contribution >= 4 is 0 Å². The number of nitrogens with one attached hydrogen (secondary N) is 1. The van der Waals surface area contributed by atoms with Crippen LogP contribution in [-0.2, 0) is 0 Å². The fourth-order valence-corrected chi connectivity index (χ4v) is 1.13. The SMILES string of the molecule is C\C=C/C(=C\C)C(=C/NC)/CC. The van der Waals surface area contributed by atoms with Gasteiger partial charge in [-0.2, -0.15) is 0 Å². The van der Waals surface area contributed by atoms with Crippen LogP contribution in [0.25, 0.3) is 0 Å². The molecular formula is C11H19N. The van der Waals surface area contributed by atoms with Crippen LogP contribution in [0.3, 0.4) is 0 Å². The first kappa shape index (κ1) is 11.0. The summed E-state index contributed by atoms with van der Waals surface area (Å²) in [6.45, 7) is 6.26. The Kier molecular flexibility index (Phi) is 6.16. The number of allylic oxidation sites excluding steroid dienone is 5. The summed E-state index contributed by atoms with van der Waals surface area (Å²) in [7, 11) is 1.93.